The Kier molecular flexibility index (Phi) is 5.85. The van der Waals surface area contributed by atoms with E-state index in [2.05, 4.69) is 31.0 Å². The summed E-state index contributed by atoms with van der Waals surface area (Å²) >= 11 is 0. The fraction of sp³-hybridized carbons (Fsp3) is 0.938. The number of morpholine rings is 1. The molecule has 0 aliphatic carbocycles. The maximum atomic E-state index is 12.6. The maximum Gasteiger partial charge on any atom is 0.223 e. The normalized spacial score (nSPS) is 33.0. The summed E-state index contributed by atoms with van der Waals surface area (Å²) in [6, 6.07) is 0.274. The number of rotatable bonds is 4. The second-order valence-corrected chi connectivity index (χ2v) is 6.54. The minimum atomic E-state index is 0.174. The third-order valence-corrected chi connectivity index (χ3v) is 4.90. The van der Waals surface area contributed by atoms with Gasteiger partial charge >= 0.3 is 0 Å². The Balaban J connectivity index is 1.88. The Bertz CT molecular complexity index is 316. The van der Waals surface area contributed by atoms with Crippen LogP contribution in [0.15, 0.2) is 0 Å². The van der Waals surface area contributed by atoms with E-state index in [-0.39, 0.29) is 12.1 Å². The Morgan fingerprint density at radius 3 is 2.95 bits per heavy atom. The van der Waals surface area contributed by atoms with E-state index < -0.39 is 0 Å². The summed E-state index contributed by atoms with van der Waals surface area (Å²) in [6.07, 6.45) is 4.36. The molecule has 4 nitrogen and oxygen atoms in total. The van der Waals surface area contributed by atoms with Gasteiger partial charge in [0, 0.05) is 13.0 Å². The van der Waals surface area contributed by atoms with Gasteiger partial charge in [-0.3, -0.25) is 4.79 Å². The predicted octanol–water partition coefficient (Wildman–Crippen LogP) is 2.04. The Morgan fingerprint density at radius 1 is 1.50 bits per heavy atom. The zero-order chi connectivity index (χ0) is 14.5. The molecule has 0 saturated carbocycles. The average molecular weight is 282 g/mol. The van der Waals surface area contributed by atoms with Crippen LogP contribution in [-0.4, -0.2) is 49.2 Å². The molecule has 0 bridgehead atoms. The highest BCUT2D eigenvalue weighted by Gasteiger charge is 2.31. The van der Waals surface area contributed by atoms with Gasteiger partial charge in [-0.25, -0.2) is 0 Å². The van der Waals surface area contributed by atoms with E-state index in [1.807, 2.05) is 0 Å². The minimum absolute atomic E-state index is 0.174. The van der Waals surface area contributed by atoms with Crippen LogP contribution in [0.5, 0.6) is 0 Å². The molecule has 2 fully saturated rings. The molecule has 0 radical (unpaired) electrons. The molecule has 0 spiro atoms. The van der Waals surface area contributed by atoms with Gasteiger partial charge in [-0.1, -0.05) is 13.8 Å². The van der Waals surface area contributed by atoms with Crippen molar-refractivity contribution in [1.82, 2.24) is 10.2 Å². The van der Waals surface area contributed by atoms with Gasteiger partial charge in [0.15, 0.2) is 0 Å². The molecule has 20 heavy (non-hydrogen) atoms. The van der Waals surface area contributed by atoms with Crippen molar-refractivity contribution < 1.29 is 9.53 Å². The smallest absolute Gasteiger partial charge is 0.223 e. The van der Waals surface area contributed by atoms with Gasteiger partial charge in [0.2, 0.25) is 5.91 Å². The molecule has 1 N–H and O–H groups in total. The van der Waals surface area contributed by atoms with E-state index in [1.54, 1.807) is 0 Å². The first kappa shape index (κ1) is 15.8. The van der Waals surface area contributed by atoms with Crippen molar-refractivity contribution in [3.05, 3.63) is 0 Å². The summed E-state index contributed by atoms with van der Waals surface area (Å²) in [6.45, 7) is 10.1. The van der Waals surface area contributed by atoms with Crippen LogP contribution in [0.25, 0.3) is 0 Å². The first-order chi connectivity index (χ1) is 9.61. The van der Waals surface area contributed by atoms with Crippen molar-refractivity contribution in [3.63, 3.8) is 0 Å². The van der Waals surface area contributed by atoms with Crippen LogP contribution in [0.1, 0.15) is 46.5 Å². The van der Waals surface area contributed by atoms with Crippen molar-refractivity contribution in [3.8, 4) is 0 Å². The third kappa shape index (κ3) is 3.95. The van der Waals surface area contributed by atoms with Gasteiger partial charge in [0.1, 0.15) is 0 Å². The van der Waals surface area contributed by atoms with Gasteiger partial charge < -0.3 is 15.0 Å². The first-order valence-corrected chi connectivity index (χ1v) is 8.23. The number of nitrogens with one attached hydrogen (secondary N) is 1. The second kappa shape index (κ2) is 7.41. The summed E-state index contributed by atoms with van der Waals surface area (Å²) in [5.74, 6) is 1.46. The molecule has 2 rings (SSSR count). The Hall–Kier alpha value is -0.610. The minimum Gasteiger partial charge on any atom is -0.375 e. The van der Waals surface area contributed by atoms with Crippen molar-refractivity contribution in [2.24, 2.45) is 11.8 Å². The summed E-state index contributed by atoms with van der Waals surface area (Å²) in [7, 11) is 0. The van der Waals surface area contributed by atoms with Crippen LogP contribution in [-0.2, 0) is 9.53 Å². The number of hydrogen-bond donors (Lipinski definition) is 1. The molecule has 1 amide bonds. The fourth-order valence-electron chi connectivity index (χ4n) is 3.41. The number of ether oxygens (including phenoxy) is 1. The molecule has 4 unspecified atom stereocenters. The molecule has 0 aromatic heterocycles. The highest BCUT2D eigenvalue weighted by Crippen LogP contribution is 2.25. The van der Waals surface area contributed by atoms with Crippen LogP contribution in [0.2, 0.25) is 0 Å². The lowest BCUT2D eigenvalue weighted by atomic mass is 9.85. The van der Waals surface area contributed by atoms with Gasteiger partial charge in [0.05, 0.1) is 18.8 Å². The summed E-state index contributed by atoms with van der Waals surface area (Å²) in [4.78, 5) is 14.7. The largest absolute Gasteiger partial charge is 0.375 e. The van der Waals surface area contributed by atoms with E-state index in [4.69, 9.17) is 4.74 Å². The van der Waals surface area contributed by atoms with E-state index in [9.17, 15) is 4.79 Å². The van der Waals surface area contributed by atoms with E-state index in [1.165, 1.54) is 12.8 Å². The van der Waals surface area contributed by atoms with Gasteiger partial charge in [-0.15, -0.1) is 0 Å². The third-order valence-electron chi connectivity index (χ3n) is 4.90. The fourth-order valence-corrected chi connectivity index (χ4v) is 3.41. The molecule has 0 aromatic rings. The Labute approximate surface area is 123 Å². The van der Waals surface area contributed by atoms with Crippen molar-refractivity contribution in [2.75, 3.05) is 26.2 Å². The van der Waals surface area contributed by atoms with Crippen molar-refractivity contribution >= 4 is 5.91 Å². The van der Waals surface area contributed by atoms with Crippen LogP contribution < -0.4 is 5.32 Å². The summed E-state index contributed by atoms with van der Waals surface area (Å²) in [5.41, 5.74) is 0. The molecule has 116 valence electrons. The molecular weight excluding hydrogens is 252 g/mol. The predicted molar refractivity (Wildman–Crippen MR) is 80.6 cm³/mol. The maximum absolute atomic E-state index is 12.6. The van der Waals surface area contributed by atoms with Gasteiger partial charge in [-0.2, -0.15) is 0 Å². The Morgan fingerprint density at radius 2 is 2.30 bits per heavy atom. The van der Waals surface area contributed by atoms with E-state index in [0.717, 1.165) is 26.1 Å². The van der Waals surface area contributed by atoms with Crippen LogP contribution in [0.3, 0.4) is 0 Å². The number of carbonyl (C=O) groups is 1. The highest BCUT2D eigenvalue weighted by atomic mass is 16.5. The van der Waals surface area contributed by atoms with Gasteiger partial charge in [-0.05, 0) is 51.1 Å². The molecule has 2 heterocycles. The van der Waals surface area contributed by atoms with E-state index >= 15 is 0 Å². The first-order valence-electron chi connectivity index (χ1n) is 8.23. The molecule has 2 aliphatic heterocycles. The number of piperidine rings is 1. The SMILES string of the molecule is CCC1COC(C)CN1C(=O)CC(C)C1CCCNC1. The highest BCUT2D eigenvalue weighted by molar-refractivity contribution is 5.77. The lowest BCUT2D eigenvalue weighted by Crippen LogP contribution is -2.51. The zero-order valence-electron chi connectivity index (χ0n) is 13.2. The molecule has 4 heteroatoms. The van der Waals surface area contributed by atoms with Crippen LogP contribution in [0.4, 0.5) is 0 Å². The van der Waals surface area contributed by atoms with Crippen molar-refractivity contribution in [2.45, 2.75) is 58.6 Å². The number of amides is 1. The van der Waals surface area contributed by atoms with Crippen LogP contribution in [0, 0.1) is 11.8 Å². The standard InChI is InChI=1S/C16H30N2O2/c1-4-15-11-20-13(3)10-18(15)16(19)8-12(2)14-6-5-7-17-9-14/h12-15,17H,4-11H2,1-3H3. The molecule has 0 aromatic carbocycles. The average Bonchev–Trinajstić information content (AvgIpc) is 2.48. The van der Waals surface area contributed by atoms with E-state index in [0.29, 0.717) is 30.8 Å². The van der Waals surface area contributed by atoms with Crippen molar-refractivity contribution in [1.29, 1.82) is 0 Å². The second-order valence-electron chi connectivity index (χ2n) is 6.54. The molecule has 2 saturated heterocycles. The lowest BCUT2D eigenvalue weighted by molar-refractivity contribution is -0.145. The monoisotopic (exact) mass is 282 g/mol. The molecular formula is C16H30N2O2. The quantitative estimate of drug-likeness (QED) is 0.858. The number of hydrogen-bond acceptors (Lipinski definition) is 3. The number of nitrogens with zero attached hydrogens (tertiary/aromatic N) is 1. The number of carbonyl (C=O) groups excluding carboxylic acids is 1. The molecule has 2 aliphatic rings. The van der Waals surface area contributed by atoms with Crippen LogP contribution >= 0.6 is 0 Å². The zero-order valence-corrected chi connectivity index (χ0v) is 13.2. The lowest BCUT2D eigenvalue weighted by Gasteiger charge is -2.39. The van der Waals surface area contributed by atoms with Gasteiger partial charge in [0.25, 0.3) is 0 Å². The molecule has 4 atom stereocenters. The summed E-state index contributed by atoms with van der Waals surface area (Å²) < 4.78 is 5.68. The summed E-state index contributed by atoms with van der Waals surface area (Å²) in [5, 5.41) is 3.45. The topological polar surface area (TPSA) is 41.6 Å².